The summed E-state index contributed by atoms with van der Waals surface area (Å²) in [6.07, 6.45) is 0. The maximum absolute atomic E-state index is 5.81. The number of benzene rings is 1. The Bertz CT molecular complexity index is 534. The number of nitrogens with two attached hydrogens (primary N) is 1. The summed E-state index contributed by atoms with van der Waals surface area (Å²) >= 11 is 1.69. The van der Waals surface area contributed by atoms with E-state index in [1.165, 1.54) is 16.8 Å². The molecule has 0 bridgehead atoms. The van der Waals surface area contributed by atoms with Crippen molar-refractivity contribution in [1.29, 1.82) is 0 Å². The molecule has 2 N–H and O–H groups in total. The molecule has 0 unspecified atom stereocenters. The van der Waals surface area contributed by atoms with Crippen molar-refractivity contribution >= 4 is 17.0 Å². The molecule has 0 fully saturated rings. The smallest absolute Gasteiger partial charge is 0.0898 e. The first-order valence-electron chi connectivity index (χ1n) is 6.02. The van der Waals surface area contributed by atoms with Crippen LogP contribution in [0.2, 0.25) is 0 Å². The molecule has 2 rings (SSSR count). The van der Waals surface area contributed by atoms with Crippen LogP contribution >= 0.6 is 11.3 Å². The van der Waals surface area contributed by atoms with Crippen LogP contribution < -0.4 is 10.6 Å². The highest BCUT2D eigenvalue weighted by molar-refractivity contribution is 7.09. The van der Waals surface area contributed by atoms with Crippen molar-refractivity contribution in [3.63, 3.8) is 0 Å². The standard InChI is InChI=1S/C14H19N3S/c1-10-4-5-14(12(6-10)7-15)17(3)8-13-9-18-11(2)16-13/h4-6,9H,7-8,15H2,1-3H3. The van der Waals surface area contributed by atoms with E-state index in [0.717, 1.165) is 17.2 Å². The molecule has 4 heteroatoms. The van der Waals surface area contributed by atoms with Gasteiger partial charge in [0.05, 0.1) is 17.2 Å². The molecule has 18 heavy (non-hydrogen) atoms. The molecule has 0 spiro atoms. The average Bonchev–Trinajstić information content (AvgIpc) is 2.74. The Morgan fingerprint density at radius 2 is 2.11 bits per heavy atom. The zero-order chi connectivity index (χ0) is 13.1. The van der Waals surface area contributed by atoms with Crippen LogP contribution in [-0.2, 0) is 13.1 Å². The first-order chi connectivity index (χ1) is 8.60. The van der Waals surface area contributed by atoms with E-state index >= 15 is 0 Å². The van der Waals surface area contributed by atoms with Crippen LogP contribution in [0.25, 0.3) is 0 Å². The lowest BCUT2D eigenvalue weighted by molar-refractivity contribution is 0.876. The molecule has 1 heterocycles. The minimum atomic E-state index is 0.567. The number of nitrogens with zero attached hydrogens (tertiary/aromatic N) is 2. The number of hydrogen-bond acceptors (Lipinski definition) is 4. The first kappa shape index (κ1) is 13.1. The molecule has 0 aliphatic carbocycles. The van der Waals surface area contributed by atoms with E-state index in [1.54, 1.807) is 11.3 Å². The molecule has 0 amide bonds. The third-order valence-corrected chi connectivity index (χ3v) is 3.75. The Morgan fingerprint density at radius 1 is 1.33 bits per heavy atom. The van der Waals surface area contributed by atoms with Gasteiger partial charge in [-0.3, -0.25) is 0 Å². The monoisotopic (exact) mass is 261 g/mol. The zero-order valence-corrected chi connectivity index (χ0v) is 11.9. The first-order valence-corrected chi connectivity index (χ1v) is 6.90. The van der Waals surface area contributed by atoms with Crippen LogP contribution in [0, 0.1) is 13.8 Å². The molecule has 2 aromatic rings. The summed E-state index contributed by atoms with van der Waals surface area (Å²) in [4.78, 5) is 6.70. The minimum absolute atomic E-state index is 0.567. The summed E-state index contributed by atoms with van der Waals surface area (Å²) in [5.74, 6) is 0. The summed E-state index contributed by atoms with van der Waals surface area (Å²) in [5.41, 5.74) is 10.5. The van der Waals surface area contributed by atoms with E-state index in [2.05, 4.69) is 47.4 Å². The highest BCUT2D eigenvalue weighted by Gasteiger charge is 2.08. The Balaban J connectivity index is 2.20. The summed E-state index contributed by atoms with van der Waals surface area (Å²) in [7, 11) is 2.08. The number of aromatic nitrogens is 1. The molecule has 0 saturated heterocycles. The van der Waals surface area contributed by atoms with Gasteiger partial charge in [-0.1, -0.05) is 17.7 Å². The third-order valence-electron chi connectivity index (χ3n) is 2.93. The largest absolute Gasteiger partial charge is 0.368 e. The lowest BCUT2D eigenvalue weighted by Gasteiger charge is -2.21. The van der Waals surface area contributed by atoms with Crippen LogP contribution in [-0.4, -0.2) is 12.0 Å². The number of thiazole rings is 1. The lowest BCUT2D eigenvalue weighted by Crippen LogP contribution is -2.19. The molecule has 0 atom stereocenters. The number of aryl methyl sites for hydroxylation is 2. The van der Waals surface area contributed by atoms with Gasteiger partial charge >= 0.3 is 0 Å². The molecular weight excluding hydrogens is 242 g/mol. The topological polar surface area (TPSA) is 42.2 Å². The van der Waals surface area contributed by atoms with E-state index in [9.17, 15) is 0 Å². The van der Waals surface area contributed by atoms with Crippen molar-refractivity contribution < 1.29 is 0 Å². The Kier molecular flexibility index (Phi) is 3.99. The van der Waals surface area contributed by atoms with Gasteiger partial charge in [-0.2, -0.15) is 0 Å². The van der Waals surface area contributed by atoms with Gasteiger partial charge in [0, 0.05) is 24.7 Å². The van der Waals surface area contributed by atoms with E-state index in [1.807, 2.05) is 6.92 Å². The van der Waals surface area contributed by atoms with Crippen LogP contribution in [0.15, 0.2) is 23.6 Å². The fourth-order valence-corrected chi connectivity index (χ4v) is 2.66. The van der Waals surface area contributed by atoms with E-state index in [0.29, 0.717) is 6.54 Å². The molecule has 0 aliphatic heterocycles. The Hall–Kier alpha value is -1.39. The second-order valence-corrected chi connectivity index (χ2v) is 5.61. The summed E-state index contributed by atoms with van der Waals surface area (Å²) < 4.78 is 0. The van der Waals surface area contributed by atoms with Crippen molar-refractivity contribution in [2.75, 3.05) is 11.9 Å². The van der Waals surface area contributed by atoms with Gasteiger partial charge in [-0.25, -0.2) is 4.98 Å². The predicted molar refractivity (Wildman–Crippen MR) is 78.0 cm³/mol. The van der Waals surface area contributed by atoms with E-state index in [4.69, 9.17) is 5.73 Å². The van der Waals surface area contributed by atoms with Crippen molar-refractivity contribution in [1.82, 2.24) is 4.98 Å². The van der Waals surface area contributed by atoms with Crippen molar-refractivity contribution in [3.8, 4) is 0 Å². The van der Waals surface area contributed by atoms with Gasteiger partial charge in [-0.05, 0) is 25.5 Å². The van der Waals surface area contributed by atoms with Gasteiger partial charge in [0.15, 0.2) is 0 Å². The van der Waals surface area contributed by atoms with Crippen molar-refractivity contribution in [2.45, 2.75) is 26.9 Å². The predicted octanol–water partition coefficient (Wildman–Crippen LogP) is 2.86. The summed E-state index contributed by atoms with van der Waals surface area (Å²) in [5, 5.41) is 3.23. The van der Waals surface area contributed by atoms with Crippen LogP contribution in [0.4, 0.5) is 5.69 Å². The van der Waals surface area contributed by atoms with Gasteiger partial charge in [0.1, 0.15) is 0 Å². The molecule has 96 valence electrons. The molecular formula is C14H19N3S. The van der Waals surface area contributed by atoms with Crippen LogP contribution in [0.3, 0.4) is 0 Å². The normalized spacial score (nSPS) is 10.7. The molecule has 0 aliphatic rings. The number of rotatable bonds is 4. The van der Waals surface area contributed by atoms with Gasteiger partial charge in [0.25, 0.3) is 0 Å². The summed E-state index contributed by atoms with van der Waals surface area (Å²) in [6, 6.07) is 6.41. The fourth-order valence-electron chi connectivity index (χ4n) is 2.06. The highest BCUT2D eigenvalue weighted by Crippen LogP contribution is 2.22. The van der Waals surface area contributed by atoms with E-state index < -0.39 is 0 Å². The Labute approximate surface area is 112 Å². The number of hydrogen-bond donors (Lipinski definition) is 1. The zero-order valence-electron chi connectivity index (χ0n) is 11.1. The van der Waals surface area contributed by atoms with Crippen LogP contribution in [0.1, 0.15) is 21.8 Å². The maximum Gasteiger partial charge on any atom is 0.0898 e. The molecule has 1 aromatic carbocycles. The SMILES string of the molecule is Cc1ccc(N(C)Cc2csc(C)n2)c(CN)c1. The van der Waals surface area contributed by atoms with Gasteiger partial charge in [0.2, 0.25) is 0 Å². The second-order valence-electron chi connectivity index (χ2n) is 4.55. The second kappa shape index (κ2) is 5.50. The van der Waals surface area contributed by atoms with Gasteiger partial charge < -0.3 is 10.6 Å². The Morgan fingerprint density at radius 3 is 2.72 bits per heavy atom. The molecule has 0 radical (unpaired) electrons. The number of anilines is 1. The van der Waals surface area contributed by atoms with Crippen molar-refractivity contribution in [3.05, 3.63) is 45.4 Å². The average molecular weight is 261 g/mol. The molecule has 0 saturated carbocycles. The molecule has 1 aromatic heterocycles. The van der Waals surface area contributed by atoms with Crippen LogP contribution in [0.5, 0.6) is 0 Å². The quantitative estimate of drug-likeness (QED) is 0.920. The van der Waals surface area contributed by atoms with Crippen molar-refractivity contribution in [2.24, 2.45) is 5.73 Å². The highest BCUT2D eigenvalue weighted by atomic mass is 32.1. The fraction of sp³-hybridized carbons (Fsp3) is 0.357. The maximum atomic E-state index is 5.81. The van der Waals surface area contributed by atoms with Gasteiger partial charge in [-0.15, -0.1) is 11.3 Å². The lowest BCUT2D eigenvalue weighted by atomic mass is 10.1. The minimum Gasteiger partial charge on any atom is -0.368 e. The third kappa shape index (κ3) is 2.89. The van der Waals surface area contributed by atoms with E-state index in [-0.39, 0.29) is 0 Å². The summed E-state index contributed by atoms with van der Waals surface area (Å²) in [6.45, 7) is 5.51. The molecule has 3 nitrogen and oxygen atoms in total.